The maximum atomic E-state index is 15.6. The zero-order chi connectivity index (χ0) is 51.9. The van der Waals surface area contributed by atoms with E-state index in [1.165, 1.54) is 28.8 Å². The highest BCUT2D eigenvalue weighted by Crippen LogP contribution is 2.43. The Morgan fingerprint density at radius 3 is 2.41 bits per heavy atom. The molecule has 5 heterocycles. The average Bonchev–Trinajstić information content (AvgIpc) is 3.96. The van der Waals surface area contributed by atoms with E-state index >= 15 is 4.39 Å². The Labute approximate surface area is 432 Å². The summed E-state index contributed by atoms with van der Waals surface area (Å²) in [4.78, 5) is 37.2. The number of carbonyl (C=O) groups is 1. The van der Waals surface area contributed by atoms with Gasteiger partial charge in [-0.05, 0) is 116 Å². The molecular formula is C53H66ClFN10O6SSi. The molecule has 1 amide bonds. The summed E-state index contributed by atoms with van der Waals surface area (Å²) in [6.45, 7) is 17.4. The smallest absolute Gasteiger partial charge is 0.293 e. The number of rotatable bonds is 17. The SMILES string of the molecule is CN1CCC(F)(CNc2ccc(S(=O)(=O)NC(=O)c3ccc(N4CCN(CC5=C(c6ccc(Cl)cc6)CC(C)(C)CC5)CC4)cc3-n3ncc4nc5c(ccn5COCC[Si](C)(C)C)cc43)cc2[N+](=O)[O-])CC1. The Morgan fingerprint density at radius 2 is 1.70 bits per heavy atom. The van der Waals surface area contributed by atoms with Gasteiger partial charge in [-0.2, -0.15) is 5.10 Å². The first-order chi connectivity index (χ1) is 34.6. The Kier molecular flexibility index (Phi) is 14.9. The number of hydrogen-bond donors (Lipinski definition) is 2. The molecule has 2 saturated heterocycles. The van der Waals surface area contributed by atoms with Gasteiger partial charge in [0, 0.05) is 95.4 Å². The van der Waals surface area contributed by atoms with Crippen LogP contribution in [0.25, 0.3) is 33.3 Å². The molecule has 20 heteroatoms. The number of benzene rings is 3. The number of piperidine rings is 1. The molecule has 0 bridgehead atoms. The van der Waals surface area contributed by atoms with E-state index in [0.29, 0.717) is 61.9 Å². The molecule has 0 radical (unpaired) electrons. The minimum atomic E-state index is -4.68. The van der Waals surface area contributed by atoms with Crippen molar-refractivity contribution < 1.29 is 27.3 Å². The zero-order valence-corrected chi connectivity index (χ0v) is 45.2. The van der Waals surface area contributed by atoms with Crippen molar-refractivity contribution in [2.45, 2.75) is 88.9 Å². The predicted octanol–water partition coefficient (Wildman–Crippen LogP) is 10.00. The van der Waals surface area contributed by atoms with Crippen LogP contribution in [0, 0.1) is 15.5 Å². The van der Waals surface area contributed by atoms with Crippen LogP contribution in [0.2, 0.25) is 30.7 Å². The van der Waals surface area contributed by atoms with Crippen molar-refractivity contribution in [1.82, 2.24) is 33.9 Å². The summed E-state index contributed by atoms with van der Waals surface area (Å²) >= 11 is 6.28. The minimum absolute atomic E-state index is 0.00507. The number of pyridine rings is 1. The molecule has 2 fully saturated rings. The molecule has 73 heavy (non-hydrogen) atoms. The first kappa shape index (κ1) is 52.2. The molecule has 3 aromatic heterocycles. The third kappa shape index (κ3) is 12.1. The van der Waals surface area contributed by atoms with Gasteiger partial charge in [0.1, 0.15) is 29.3 Å². The van der Waals surface area contributed by atoms with Crippen molar-refractivity contribution in [3.63, 3.8) is 0 Å². The quantitative estimate of drug-likeness (QED) is 0.0384. The maximum Gasteiger partial charge on any atom is 0.293 e. The summed E-state index contributed by atoms with van der Waals surface area (Å²) in [6, 6.07) is 21.6. The van der Waals surface area contributed by atoms with Gasteiger partial charge in [-0.3, -0.25) is 19.8 Å². The fourth-order valence-corrected chi connectivity index (χ4v) is 11.9. The van der Waals surface area contributed by atoms with E-state index in [2.05, 4.69) is 65.5 Å². The Morgan fingerprint density at radius 1 is 0.959 bits per heavy atom. The number of halogens is 2. The van der Waals surface area contributed by atoms with Crippen LogP contribution in [0.4, 0.5) is 21.5 Å². The van der Waals surface area contributed by atoms with Gasteiger partial charge in [0.2, 0.25) is 0 Å². The molecule has 6 aromatic rings. The number of aromatic nitrogens is 4. The second-order valence-corrected chi connectivity index (χ2v) is 29.8. The second kappa shape index (κ2) is 20.9. The minimum Gasteiger partial charge on any atom is -0.376 e. The Hall–Kier alpha value is -5.70. The number of nitrogens with zero attached hydrogens (tertiary/aromatic N) is 8. The molecule has 2 N–H and O–H groups in total. The number of anilines is 2. The third-order valence-electron chi connectivity index (χ3n) is 14.7. The number of hydrogen-bond acceptors (Lipinski definition) is 12. The summed E-state index contributed by atoms with van der Waals surface area (Å²) in [5.41, 5.74) is 5.13. The van der Waals surface area contributed by atoms with Crippen LogP contribution in [-0.2, 0) is 21.5 Å². The fourth-order valence-electron chi connectivity index (χ4n) is 10.0. The summed E-state index contributed by atoms with van der Waals surface area (Å²) in [5.74, 6) is -0.961. The molecule has 0 unspecified atom stereocenters. The number of allylic oxidation sites excluding steroid dienone is 1. The second-order valence-electron chi connectivity index (χ2n) is 22.1. The van der Waals surface area contributed by atoms with Gasteiger partial charge >= 0.3 is 0 Å². The van der Waals surface area contributed by atoms with E-state index in [1.54, 1.807) is 16.9 Å². The number of piperazine rings is 1. The number of fused-ring (bicyclic) bond motifs is 2. The fraction of sp³-hybridized carbons (Fsp3) is 0.453. The molecule has 3 aromatic carbocycles. The number of alkyl halides is 1. The van der Waals surface area contributed by atoms with E-state index in [4.69, 9.17) is 26.4 Å². The normalized spacial score (nSPS) is 17.9. The zero-order valence-electron chi connectivity index (χ0n) is 42.6. The van der Waals surface area contributed by atoms with Crippen molar-refractivity contribution >= 4 is 80.3 Å². The van der Waals surface area contributed by atoms with Gasteiger partial charge in [-0.15, -0.1) is 0 Å². The van der Waals surface area contributed by atoms with Crippen molar-refractivity contribution in [3.8, 4) is 5.69 Å². The Bertz CT molecular complexity index is 3180. The number of likely N-dealkylation sites (tertiary alicyclic amines) is 1. The van der Waals surface area contributed by atoms with Crippen LogP contribution in [0.5, 0.6) is 0 Å². The van der Waals surface area contributed by atoms with Crippen LogP contribution in [0.1, 0.15) is 61.9 Å². The molecule has 0 spiro atoms. The number of nitro benzene ring substituents is 1. The highest BCUT2D eigenvalue weighted by atomic mass is 35.5. The van der Waals surface area contributed by atoms with Crippen LogP contribution >= 0.6 is 11.6 Å². The predicted molar refractivity (Wildman–Crippen MR) is 290 cm³/mol. The van der Waals surface area contributed by atoms with E-state index < -0.39 is 45.2 Å². The summed E-state index contributed by atoms with van der Waals surface area (Å²) in [7, 11) is -4.05. The molecule has 1 aliphatic carbocycles. The maximum absolute atomic E-state index is 15.6. The monoisotopic (exact) mass is 1050 g/mol. The van der Waals surface area contributed by atoms with Crippen molar-refractivity contribution in [1.29, 1.82) is 0 Å². The molecule has 9 rings (SSSR count). The highest BCUT2D eigenvalue weighted by Gasteiger charge is 2.35. The summed E-state index contributed by atoms with van der Waals surface area (Å²) in [6.07, 6.45) is 7.21. The topological polar surface area (TPSA) is 173 Å². The Balaban J connectivity index is 0.991. The third-order valence-corrected chi connectivity index (χ3v) is 17.9. The van der Waals surface area contributed by atoms with E-state index in [9.17, 15) is 23.3 Å². The van der Waals surface area contributed by atoms with E-state index in [1.807, 2.05) is 59.1 Å². The first-order valence-electron chi connectivity index (χ1n) is 25.1. The van der Waals surface area contributed by atoms with Gasteiger partial charge < -0.3 is 24.4 Å². The number of nitro groups is 1. The van der Waals surface area contributed by atoms with E-state index in [-0.39, 0.29) is 36.1 Å². The van der Waals surface area contributed by atoms with Gasteiger partial charge in [-0.1, -0.05) is 62.8 Å². The lowest BCUT2D eigenvalue weighted by atomic mass is 9.72. The van der Waals surface area contributed by atoms with Crippen LogP contribution < -0.4 is 14.9 Å². The molecule has 3 aliphatic rings. The van der Waals surface area contributed by atoms with E-state index in [0.717, 1.165) is 67.1 Å². The first-order valence-corrected chi connectivity index (χ1v) is 30.7. The molecule has 0 saturated carbocycles. The van der Waals surface area contributed by atoms with Crippen LogP contribution in [-0.4, -0.2) is 128 Å². The number of ether oxygens (including phenoxy) is 1. The van der Waals surface area contributed by atoms with Gasteiger partial charge in [0.05, 0.1) is 32.8 Å². The number of sulfonamides is 1. The highest BCUT2D eigenvalue weighted by molar-refractivity contribution is 7.90. The van der Waals surface area contributed by atoms with Crippen molar-refractivity contribution in [2.75, 3.05) is 76.2 Å². The molecular weight excluding hydrogens is 987 g/mol. The molecule has 388 valence electrons. The molecule has 2 aliphatic heterocycles. The number of amides is 1. The van der Waals surface area contributed by atoms with Crippen LogP contribution in [0.3, 0.4) is 0 Å². The van der Waals surface area contributed by atoms with Crippen molar-refractivity contribution in [3.05, 3.63) is 117 Å². The average molecular weight is 1050 g/mol. The summed E-state index contributed by atoms with van der Waals surface area (Å²) < 4.78 is 55.4. The van der Waals surface area contributed by atoms with Gasteiger partial charge in [0.25, 0.3) is 21.6 Å². The number of nitrogens with one attached hydrogen (secondary N) is 2. The van der Waals surface area contributed by atoms with Gasteiger partial charge in [-0.25, -0.2) is 27.2 Å². The largest absolute Gasteiger partial charge is 0.376 e. The summed E-state index contributed by atoms with van der Waals surface area (Å²) in [5, 5.41) is 21.4. The standard InChI is InChI=1S/C53H66ClFN10O6SSi/c1-52(2)17-15-39(44(32-52)37-7-9-40(54)10-8-37)34-61-23-25-62(26-24-61)41-11-13-43(47(30-41)64-48-29-38-16-20-63(36-71-27-28-73(4,5)6)50(38)58-46(48)33-57-64)51(66)59-72(69,70)42-12-14-45(49(31-42)65(67)68)56-35-53(55)18-21-60(3)22-19-53/h7-14,16,20,29-31,33,56H,15,17-19,21-28,32,34-36H2,1-6H3,(H,59,66). The lowest BCUT2D eigenvalue weighted by Gasteiger charge is -2.39. The van der Waals surface area contributed by atoms with Gasteiger partial charge in [0.15, 0.2) is 0 Å². The van der Waals surface area contributed by atoms with Crippen LogP contribution in [0.15, 0.2) is 95.7 Å². The van der Waals surface area contributed by atoms with Crippen molar-refractivity contribution in [2.24, 2.45) is 5.41 Å². The molecule has 0 atom stereocenters. The lowest BCUT2D eigenvalue weighted by molar-refractivity contribution is -0.384. The molecule has 16 nitrogen and oxygen atoms in total. The number of carbonyl (C=O) groups excluding carboxylic acids is 1. The lowest BCUT2D eigenvalue weighted by Crippen LogP contribution is -2.47.